The number of fused-ring (bicyclic) bond motifs is 1. The maximum atomic E-state index is 11.1. The molecule has 0 bridgehead atoms. The number of nitrogens with one attached hydrogen (secondary N) is 1. The maximum Gasteiger partial charge on any atom is 1.00 e. The van der Waals surface area contributed by atoms with Gasteiger partial charge in [-0.3, -0.25) is 0 Å². The van der Waals surface area contributed by atoms with Crippen LogP contribution in [-0.2, 0) is 0 Å². The van der Waals surface area contributed by atoms with Crippen LogP contribution in [0.25, 0.3) is 16.0 Å². The van der Waals surface area contributed by atoms with Crippen LogP contribution in [0.15, 0.2) is 6.07 Å². The van der Waals surface area contributed by atoms with Gasteiger partial charge in [-0.1, -0.05) is 0 Å². The van der Waals surface area contributed by atoms with E-state index in [1.54, 1.807) is 0 Å². The molecule has 0 radical (unpaired) electrons. The molecule has 78 valence electrons. The molecule has 0 fully saturated rings. The molecule has 0 aliphatic heterocycles. The third-order valence-corrected chi connectivity index (χ3v) is 3.62. The van der Waals surface area contributed by atoms with Crippen molar-refractivity contribution in [1.29, 1.82) is 0 Å². The first kappa shape index (κ1) is 14.4. The Kier molecular flexibility index (Phi) is 4.83. The van der Waals surface area contributed by atoms with E-state index in [-0.39, 0.29) is 58.2 Å². The number of hydrogen-bond acceptors (Lipinski definition) is 3. The fourth-order valence-corrected chi connectivity index (χ4v) is 2.98. The Labute approximate surface area is 147 Å². The molecule has 16 heavy (non-hydrogen) atoms. The number of aromatic nitrogens is 1. The summed E-state index contributed by atoms with van der Waals surface area (Å²) in [7, 11) is 0. The molecule has 0 spiro atoms. The van der Waals surface area contributed by atoms with Crippen molar-refractivity contribution in [3.8, 4) is 0 Å². The molecule has 0 saturated carbocycles. The number of rotatable bonds is 1. The average molecular weight is 305 g/mol. The Morgan fingerprint density at radius 1 is 1.38 bits per heavy atom. The first-order chi connectivity index (χ1) is 7.00. The van der Waals surface area contributed by atoms with E-state index in [2.05, 4.69) is 4.98 Å². The molecular formula is C11H11N2ORbS. The quantitative estimate of drug-likeness (QED) is 0.767. The molecule has 5 heteroatoms. The minimum absolute atomic E-state index is 0. The molecule has 1 amide bonds. The van der Waals surface area contributed by atoms with Crippen molar-refractivity contribution in [1.82, 2.24) is 4.98 Å². The Bertz CT molecular complexity index is 563. The van der Waals surface area contributed by atoms with E-state index in [9.17, 15) is 4.79 Å². The van der Waals surface area contributed by atoms with Crippen LogP contribution in [0.4, 0.5) is 0 Å². The third kappa shape index (κ3) is 2.46. The van der Waals surface area contributed by atoms with Crippen LogP contribution in [-0.4, -0.2) is 10.9 Å². The molecule has 0 aliphatic carbocycles. The van der Waals surface area contributed by atoms with Crippen molar-refractivity contribution in [2.45, 2.75) is 20.8 Å². The molecule has 2 rings (SSSR count). The summed E-state index contributed by atoms with van der Waals surface area (Å²) in [6.07, 6.45) is 0. The summed E-state index contributed by atoms with van der Waals surface area (Å²) in [6.45, 7) is 5.82. The van der Waals surface area contributed by atoms with Crippen LogP contribution in [0.1, 0.15) is 26.5 Å². The zero-order valence-corrected chi connectivity index (χ0v) is 15.6. The van der Waals surface area contributed by atoms with E-state index in [1.807, 2.05) is 26.8 Å². The van der Waals surface area contributed by atoms with Crippen LogP contribution < -0.4 is 58.2 Å². The van der Waals surface area contributed by atoms with Crippen molar-refractivity contribution >= 4 is 27.5 Å². The van der Waals surface area contributed by atoms with Crippen LogP contribution in [0, 0.1) is 20.8 Å². The van der Waals surface area contributed by atoms with Gasteiger partial charge in [-0.25, -0.2) is 4.98 Å². The van der Waals surface area contributed by atoms with Gasteiger partial charge in [-0.15, -0.1) is 11.3 Å². The van der Waals surface area contributed by atoms with Gasteiger partial charge in [0.25, 0.3) is 0 Å². The second kappa shape index (κ2) is 5.35. The van der Waals surface area contributed by atoms with Crippen molar-refractivity contribution in [3.05, 3.63) is 33.5 Å². The summed E-state index contributed by atoms with van der Waals surface area (Å²) >= 11 is 1.31. The summed E-state index contributed by atoms with van der Waals surface area (Å²) in [5, 5.41) is 1.03. The Morgan fingerprint density at radius 2 is 2.00 bits per heavy atom. The summed E-state index contributed by atoms with van der Waals surface area (Å²) in [6, 6.07) is 2.00. The third-order valence-electron chi connectivity index (χ3n) is 2.43. The zero-order valence-electron chi connectivity index (χ0n) is 9.84. The number of carbonyl (C=O) groups is 1. The Hall–Kier alpha value is 0.385. The van der Waals surface area contributed by atoms with Gasteiger partial charge in [0, 0.05) is 11.1 Å². The number of nitrogens with zero attached hydrogens (tertiary/aromatic N) is 1. The van der Waals surface area contributed by atoms with Crippen molar-refractivity contribution in [3.63, 3.8) is 0 Å². The van der Waals surface area contributed by atoms with Crippen LogP contribution >= 0.6 is 11.3 Å². The molecule has 0 atom stereocenters. The van der Waals surface area contributed by atoms with Crippen molar-refractivity contribution in [2.75, 3.05) is 0 Å². The summed E-state index contributed by atoms with van der Waals surface area (Å²) in [5.74, 6) is -0.618. The number of hydrogen-bond donors (Lipinski definition) is 0. The van der Waals surface area contributed by atoms with Crippen LogP contribution in [0.3, 0.4) is 0 Å². The van der Waals surface area contributed by atoms with Gasteiger partial charge in [-0.05, 0) is 38.0 Å². The maximum absolute atomic E-state index is 11.1. The standard InChI is InChI=1S/C11H12N2OS.Rb/c1-5-4-6(2)13-11-8(5)7(3)9(15-11)10(12)14;/h4H,1-3H3,(H2,12,14);/q;+1/p-1. The largest absolute Gasteiger partial charge is 1.00 e. The van der Waals surface area contributed by atoms with Crippen molar-refractivity contribution in [2.24, 2.45) is 0 Å². The molecule has 0 unspecified atom stereocenters. The second-order valence-corrected chi connectivity index (χ2v) is 4.65. The monoisotopic (exact) mass is 304 g/mol. The van der Waals surface area contributed by atoms with E-state index in [1.165, 1.54) is 11.3 Å². The predicted octanol–water partition coefficient (Wildman–Crippen LogP) is 0.418. The summed E-state index contributed by atoms with van der Waals surface area (Å²) in [5.41, 5.74) is 10.1. The molecule has 2 heterocycles. The van der Waals surface area contributed by atoms with Crippen LogP contribution in [0.5, 0.6) is 0 Å². The van der Waals surface area contributed by atoms with E-state index in [4.69, 9.17) is 5.73 Å². The summed E-state index contributed by atoms with van der Waals surface area (Å²) < 4.78 is 0. The molecule has 0 aromatic carbocycles. The van der Waals surface area contributed by atoms with Gasteiger partial charge in [0.1, 0.15) is 4.83 Å². The fraction of sp³-hybridized carbons (Fsp3) is 0.273. The number of pyridine rings is 1. The normalized spacial score (nSPS) is 10.2. The molecular weight excluding hydrogens is 294 g/mol. The SMILES string of the molecule is Cc1cc(C)c2c(C)c(C([NH-])=O)sc2n1.[Rb+]. The van der Waals surface area contributed by atoms with Crippen LogP contribution in [0.2, 0.25) is 0 Å². The van der Waals surface area contributed by atoms with Gasteiger partial charge in [-0.2, -0.15) is 0 Å². The predicted molar refractivity (Wildman–Crippen MR) is 62.5 cm³/mol. The number of aryl methyl sites for hydroxylation is 3. The number of amides is 1. The molecule has 0 aliphatic rings. The van der Waals surface area contributed by atoms with E-state index < -0.39 is 5.91 Å². The Balaban J connectivity index is 0.00000128. The molecule has 3 nitrogen and oxygen atoms in total. The minimum atomic E-state index is -0.618. The first-order valence-corrected chi connectivity index (χ1v) is 5.45. The number of carbonyl (C=O) groups excluding carboxylic acids is 1. The van der Waals surface area contributed by atoms with Crippen molar-refractivity contribution < 1.29 is 63.0 Å². The van der Waals surface area contributed by atoms with Gasteiger partial charge >= 0.3 is 58.2 Å². The minimum Gasteiger partial charge on any atom is -0.663 e. The van der Waals surface area contributed by atoms with Gasteiger partial charge in [0.05, 0.1) is 10.8 Å². The van der Waals surface area contributed by atoms with E-state index in [0.29, 0.717) is 4.88 Å². The average Bonchev–Trinajstić information content (AvgIpc) is 2.42. The molecule has 0 saturated heterocycles. The Morgan fingerprint density at radius 3 is 2.56 bits per heavy atom. The van der Waals surface area contributed by atoms with Gasteiger partial charge in [0.15, 0.2) is 0 Å². The smallest absolute Gasteiger partial charge is 0.663 e. The number of thiophene rings is 1. The van der Waals surface area contributed by atoms with Gasteiger partial charge in [0.2, 0.25) is 0 Å². The molecule has 1 N–H and O–H groups in total. The topological polar surface area (TPSA) is 53.8 Å². The first-order valence-electron chi connectivity index (χ1n) is 4.64. The fourth-order valence-electron chi connectivity index (χ4n) is 1.84. The van der Waals surface area contributed by atoms with E-state index >= 15 is 0 Å². The second-order valence-electron chi connectivity index (χ2n) is 3.65. The van der Waals surface area contributed by atoms with E-state index in [0.717, 1.165) is 27.0 Å². The zero-order chi connectivity index (χ0) is 11.2. The molecule has 2 aromatic heterocycles. The van der Waals surface area contributed by atoms with Gasteiger partial charge < -0.3 is 10.5 Å². The molecule has 2 aromatic rings. The summed E-state index contributed by atoms with van der Waals surface area (Å²) in [4.78, 5) is 16.8.